The second-order valence-corrected chi connectivity index (χ2v) is 3.79. The Morgan fingerprint density at radius 1 is 1.39 bits per heavy atom. The van der Waals surface area contributed by atoms with Crippen LogP contribution in [0, 0.1) is 11.3 Å². The van der Waals surface area contributed by atoms with Crippen LogP contribution in [0.5, 0.6) is 0 Å². The Bertz CT molecular complexity index is 477. The third-order valence-corrected chi connectivity index (χ3v) is 2.60. The Kier molecular flexibility index (Phi) is 5.68. The molecule has 6 heteroatoms. The van der Waals surface area contributed by atoms with E-state index in [1.165, 1.54) is 0 Å². The standard InChI is InChI=1S/C12H14N4O2/c13-7-5-9-3-1-2-4-10(9)12(18)11(17)6-8-15-16-14/h1-4,11-12,17-18H,5-6,8H2. The van der Waals surface area contributed by atoms with Gasteiger partial charge in [-0.05, 0) is 23.1 Å². The van der Waals surface area contributed by atoms with Gasteiger partial charge in [-0.1, -0.05) is 29.4 Å². The smallest absolute Gasteiger partial charge is 0.105 e. The van der Waals surface area contributed by atoms with Gasteiger partial charge in [-0.15, -0.1) is 0 Å². The average Bonchev–Trinajstić information content (AvgIpc) is 2.39. The number of azide groups is 1. The Morgan fingerprint density at radius 2 is 2.11 bits per heavy atom. The molecule has 0 aliphatic rings. The lowest BCUT2D eigenvalue weighted by atomic mass is 9.96. The van der Waals surface area contributed by atoms with Gasteiger partial charge in [0.05, 0.1) is 18.6 Å². The van der Waals surface area contributed by atoms with Gasteiger partial charge in [-0.3, -0.25) is 0 Å². The van der Waals surface area contributed by atoms with Crippen LogP contribution in [0.4, 0.5) is 0 Å². The molecule has 1 rings (SSSR count). The van der Waals surface area contributed by atoms with Gasteiger partial charge < -0.3 is 10.2 Å². The minimum Gasteiger partial charge on any atom is -0.390 e. The Balaban J connectivity index is 2.79. The van der Waals surface area contributed by atoms with Gasteiger partial charge in [-0.2, -0.15) is 5.26 Å². The van der Waals surface area contributed by atoms with Crippen molar-refractivity contribution >= 4 is 0 Å². The molecular formula is C12H14N4O2. The normalized spacial score (nSPS) is 13.2. The lowest BCUT2D eigenvalue weighted by Gasteiger charge is -2.19. The summed E-state index contributed by atoms with van der Waals surface area (Å²) >= 11 is 0. The van der Waals surface area contributed by atoms with E-state index in [1.54, 1.807) is 24.3 Å². The monoisotopic (exact) mass is 246 g/mol. The van der Waals surface area contributed by atoms with Crippen LogP contribution in [-0.2, 0) is 6.42 Å². The first-order valence-electron chi connectivity index (χ1n) is 5.52. The number of nitrogens with zero attached hydrogens (tertiary/aromatic N) is 4. The first-order valence-corrected chi connectivity index (χ1v) is 5.52. The summed E-state index contributed by atoms with van der Waals surface area (Å²) in [5.41, 5.74) is 9.35. The first kappa shape index (κ1) is 14.0. The molecule has 0 bridgehead atoms. The Morgan fingerprint density at radius 3 is 2.78 bits per heavy atom. The quantitative estimate of drug-likeness (QED) is 0.453. The van der Waals surface area contributed by atoms with E-state index in [2.05, 4.69) is 10.0 Å². The second-order valence-electron chi connectivity index (χ2n) is 3.79. The largest absolute Gasteiger partial charge is 0.390 e. The fourth-order valence-corrected chi connectivity index (χ4v) is 1.67. The van der Waals surface area contributed by atoms with Crippen LogP contribution in [-0.4, -0.2) is 22.9 Å². The fraction of sp³-hybridized carbons (Fsp3) is 0.417. The van der Waals surface area contributed by atoms with Gasteiger partial charge in [-0.25, -0.2) is 0 Å². The molecule has 0 radical (unpaired) electrons. The summed E-state index contributed by atoms with van der Waals surface area (Å²) in [5.74, 6) is 0. The van der Waals surface area contributed by atoms with Gasteiger partial charge in [0.2, 0.25) is 0 Å². The zero-order valence-electron chi connectivity index (χ0n) is 9.77. The van der Waals surface area contributed by atoms with Gasteiger partial charge in [0.25, 0.3) is 0 Å². The summed E-state index contributed by atoms with van der Waals surface area (Å²) in [6.45, 7) is 0.120. The van der Waals surface area contributed by atoms with E-state index in [1.807, 2.05) is 6.07 Å². The number of aliphatic hydroxyl groups excluding tert-OH is 2. The number of hydrogen-bond donors (Lipinski definition) is 2. The van der Waals surface area contributed by atoms with Crippen molar-refractivity contribution in [3.05, 3.63) is 45.8 Å². The summed E-state index contributed by atoms with van der Waals surface area (Å²) in [4.78, 5) is 2.58. The van der Waals surface area contributed by atoms with E-state index < -0.39 is 12.2 Å². The molecule has 0 fully saturated rings. The molecule has 0 saturated heterocycles. The molecule has 2 atom stereocenters. The van der Waals surface area contributed by atoms with Crippen molar-refractivity contribution in [1.82, 2.24) is 0 Å². The van der Waals surface area contributed by atoms with Crippen molar-refractivity contribution < 1.29 is 10.2 Å². The number of hydrogen-bond acceptors (Lipinski definition) is 4. The molecular weight excluding hydrogens is 232 g/mol. The topological polar surface area (TPSA) is 113 Å². The number of rotatable bonds is 6. The summed E-state index contributed by atoms with van der Waals surface area (Å²) < 4.78 is 0. The minimum absolute atomic E-state index is 0.120. The van der Waals surface area contributed by atoms with E-state index in [0.29, 0.717) is 11.1 Å². The van der Waals surface area contributed by atoms with Crippen LogP contribution in [0.3, 0.4) is 0 Å². The molecule has 6 nitrogen and oxygen atoms in total. The first-order chi connectivity index (χ1) is 8.70. The molecule has 0 aromatic heterocycles. The van der Waals surface area contributed by atoms with Crippen molar-refractivity contribution in [2.45, 2.75) is 25.0 Å². The predicted octanol–water partition coefficient (Wildman–Crippen LogP) is 1.85. The Hall–Kier alpha value is -2.06. The molecule has 0 saturated carbocycles. The number of benzene rings is 1. The van der Waals surface area contributed by atoms with Crippen LogP contribution in [0.25, 0.3) is 10.4 Å². The van der Waals surface area contributed by atoms with Crippen molar-refractivity contribution in [2.24, 2.45) is 5.11 Å². The maximum absolute atomic E-state index is 10.0. The average molecular weight is 246 g/mol. The highest BCUT2D eigenvalue weighted by Crippen LogP contribution is 2.23. The lowest BCUT2D eigenvalue weighted by molar-refractivity contribution is 0.0146. The zero-order chi connectivity index (χ0) is 13.4. The third-order valence-electron chi connectivity index (χ3n) is 2.60. The van der Waals surface area contributed by atoms with E-state index in [0.717, 1.165) is 0 Å². The maximum Gasteiger partial charge on any atom is 0.105 e. The van der Waals surface area contributed by atoms with Gasteiger partial charge in [0.1, 0.15) is 6.10 Å². The number of aliphatic hydroxyl groups is 2. The van der Waals surface area contributed by atoms with Gasteiger partial charge >= 0.3 is 0 Å². The van der Waals surface area contributed by atoms with E-state index in [-0.39, 0.29) is 19.4 Å². The molecule has 18 heavy (non-hydrogen) atoms. The molecule has 2 unspecified atom stereocenters. The molecule has 0 heterocycles. The molecule has 0 amide bonds. The van der Waals surface area contributed by atoms with Crippen molar-refractivity contribution in [3.8, 4) is 6.07 Å². The van der Waals surface area contributed by atoms with Crippen LogP contribution >= 0.6 is 0 Å². The van der Waals surface area contributed by atoms with Crippen LogP contribution in [0.2, 0.25) is 0 Å². The van der Waals surface area contributed by atoms with E-state index >= 15 is 0 Å². The molecule has 94 valence electrons. The molecule has 1 aromatic rings. The molecule has 1 aromatic carbocycles. The van der Waals surface area contributed by atoms with Crippen molar-refractivity contribution in [3.63, 3.8) is 0 Å². The highest BCUT2D eigenvalue weighted by atomic mass is 16.3. The summed E-state index contributed by atoms with van der Waals surface area (Å²) in [7, 11) is 0. The highest BCUT2D eigenvalue weighted by molar-refractivity contribution is 5.31. The molecule has 0 aliphatic carbocycles. The van der Waals surface area contributed by atoms with Crippen LogP contribution < -0.4 is 0 Å². The third kappa shape index (κ3) is 3.75. The summed E-state index contributed by atoms with van der Waals surface area (Å²) in [6, 6.07) is 8.93. The van der Waals surface area contributed by atoms with Crippen LogP contribution in [0.1, 0.15) is 23.7 Å². The fourth-order valence-electron chi connectivity index (χ4n) is 1.67. The van der Waals surface area contributed by atoms with Gasteiger partial charge in [0, 0.05) is 11.5 Å². The van der Waals surface area contributed by atoms with E-state index in [4.69, 9.17) is 10.8 Å². The molecule has 0 aliphatic heterocycles. The predicted molar refractivity (Wildman–Crippen MR) is 65.4 cm³/mol. The SMILES string of the molecule is N#CCc1ccccc1C(O)C(O)CCN=[N+]=[N-]. The van der Waals surface area contributed by atoms with Gasteiger partial charge in [0.15, 0.2) is 0 Å². The zero-order valence-corrected chi connectivity index (χ0v) is 9.77. The lowest BCUT2D eigenvalue weighted by Crippen LogP contribution is -2.20. The maximum atomic E-state index is 10.0. The Labute approximate surface area is 105 Å². The van der Waals surface area contributed by atoms with E-state index in [9.17, 15) is 10.2 Å². The van der Waals surface area contributed by atoms with Crippen LogP contribution in [0.15, 0.2) is 29.4 Å². The summed E-state index contributed by atoms with van der Waals surface area (Å²) in [5, 5.41) is 31.8. The summed E-state index contributed by atoms with van der Waals surface area (Å²) in [6.07, 6.45) is -1.75. The molecule has 0 spiro atoms. The second kappa shape index (κ2) is 7.30. The van der Waals surface area contributed by atoms with Crippen molar-refractivity contribution in [2.75, 3.05) is 6.54 Å². The highest BCUT2D eigenvalue weighted by Gasteiger charge is 2.20. The number of nitriles is 1. The molecule has 2 N–H and O–H groups in total. The minimum atomic E-state index is -1.08. The van der Waals surface area contributed by atoms with Crippen molar-refractivity contribution in [1.29, 1.82) is 5.26 Å².